The standard InChI is InChI=1S/C23H23FN4O2S/c1-3-30-19-10-4-16(5-11-19)14-21(29)25-13-12-20-15(2)28-23(31-20)26-22(27-28)17-6-8-18(24)9-7-17/h4-11H,3,12-14H2,1-2H3,(H,25,29). The zero-order valence-corrected chi connectivity index (χ0v) is 18.2. The summed E-state index contributed by atoms with van der Waals surface area (Å²) < 4.78 is 20.4. The van der Waals surface area contributed by atoms with E-state index >= 15 is 0 Å². The average Bonchev–Trinajstić information content (AvgIpc) is 3.30. The molecule has 0 aliphatic heterocycles. The van der Waals surface area contributed by atoms with Crippen LogP contribution in [0, 0.1) is 12.7 Å². The largest absolute Gasteiger partial charge is 0.494 e. The first-order chi connectivity index (χ1) is 15.0. The zero-order valence-electron chi connectivity index (χ0n) is 17.4. The Labute approximate surface area is 183 Å². The number of carbonyl (C=O) groups is 1. The molecule has 0 spiro atoms. The molecule has 0 atom stereocenters. The SMILES string of the molecule is CCOc1ccc(CC(=O)NCCc2sc3nc(-c4ccc(F)cc4)nn3c2C)cc1. The summed E-state index contributed by atoms with van der Waals surface area (Å²) in [4.78, 5) is 18.7. The summed E-state index contributed by atoms with van der Waals surface area (Å²) in [6.07, 6.45) is 1.05. The number of aromatic nitrogens is 3. The average molecular weight is 439 g/mol. The molecule has 4 rings (SSSR count). The molecule has 0 fully saturated rings. The minimum Gasteiger partial charge on any atom is -0.494 e. The number of fused-ring (bicyclic) bond motifs is 1. The lowest BCUT2D eigenvalue weighted by molar-refractivity contribution is -0.120. The smallest absolute Gasteiger partial charge is 0.224 e. The van der Waals surface area contributed by atoms with Crippen LogP contribution in [0.5, 0.6) is 5.75 Å². The van der Waals surface area contributed by atoms with Crippen LogP contribution in [-0.4, -0.2) is 33.7 Å². The number of carbonyl (C=O) groups excluding carboxylic acids is 1. The monoisotopic (exact) mass is 438 g/mol. The lowest BCUT2D eigenvalue weighted by atomic mass is 10.1. The molecule has 31 heavy (non-hydrogen) atoms. The van der Waals surface area contributed by atoms with Crippen LogP contribution >= 0.6 is 11.3 Å². The molecule has 0 bridgehead atoms. The van der Waals surface area contributed by atoms with Crippen LogP contribution in [0.25, 0.3) is 16.3 Å². The van der Waals surface area contributed by atoms with E-state index in [2.05, 4.69) is 15.4 Å². The number of benzene rings is 2. The van der Waals surface area contributed by atoms with Crippen molar-refractivity contribution in [2.24, 2.45) is 0 Å². The predicted octanol–water partition coefficient (Wildman–Crippen LogP) is 4.21. The van der Waals surface area contributed by atoms with Gasteiger partial charge in [-0.3, -0.25) is 4.79 Å². The molecule has 8 heteroatoms. The molecule has 160 valence electrons. The van der Waals surface area contributed by atoms with Crippen LogP contribution in [0.15, 0.2) is 48.5 Å². The summed E-state index contributed by atoms with van der Waals surface area (Å²) >= 11 is 1.55. The van der Waals surface area contributed by atoms with Crippen molar-refractivity contribution in [2.75, 3.05) is 13.2 Å². The minimum atomic E-state index is -0.284. The van der Waals surface area contributed by atoms with Gasteiger partial charge in [0, 0.05) is 23.4 Å². The second-order valence-electron chi connectivity index (χ2n) is 7.10. The van der Waals surface area contributed by atoms with Gasteiger partial charge in [-0.2, -0.15) is 4.98 Å². The van der Waals surface area contributed by atoms with E-state index in [0.717, 1.165) is 32.4 Å². The van der Waals surface area contributed by atoms with Crippen molar-refractivity contribution in [1.82, 2.24) is 19.9 Å². The molecule has 0 saturated heterocycles. The number of ether oxygens (including phenoxy) is 1. The molecule has 6 nitrogen and oxygen atoms in total. The number of thiazole rings is 1. The van der Waals surface area contributed by atoms with Gasteiger partial charge in [0.1, 0.15) is 11.6 Å². The normalized spacial score (nSPS) is 11.1. The molecule has 2 heterocycles. The number of nitrogens with zero attached hydrogens (tertiary/aromatic N) is 3. The Morgan fingerprint density at radius 1 is 1.16 bits per heavy atom. The van der Waals surface area contributed by atoms with Crippen molar-refractivity contribution in [3.63, 3.8) is 0 Å². The van der Waals surface area contributed by atoms with Crippen molar-refractivity contribution in [2.45, 2.75) is 26.7 Å². The Hall–Kier alpha value is -3.26. The van der Waals surface area contributed by atoms with E-state index in [0.29, 0.717) is 31.8 Å². The molecule has 1 N–H and O–H groups in total. The van der Waals surface area contributed by atoms with E-state index in [9.17, 15) is 9.18 Å². The van der Waals surface area contributed by atoms with E-state index in [1.165, 1.54) is 12.1 Å². The maximum absolute atomic E-state index is 13.1. The van der Waals surface area contributed by atoms with E-state index in [1.54, 1.807) is 28.0 Å². The zero-order chi connectivity index (χ0) is 21.8. The van der Waals surface area contributed by atoms with Gasteiger partial charge in [-0.15, -0.1) is 5.10 Å². The molecule has 4 aromatic rings. The van der Waals surface area contributed by atoms with Crippen LogP contribution in [-0.2, 0) is 17.6 Å². The van der Waals surface area contributed by atoms with Gasteiger partial charge in [0.2, 0.25) is 10.9 Å². The van der Waals surface area contributed by atoms with Crippen LogP contribution < -0.4 is 10.1 Å². The van der Waals surface area contributed by atoms with Crippen molar-refractivity contribution in [3.05, 3.63) is 70.5 Å². The van der Waals surface area contributed by atoms with E-state index in [4.69, 9.17) is 4.74 Å². The number of amides is 1. The van der Waals surface area contributed by atoms with Crippen LogP contribution in [0.4, 0.5) is 4.39 Å². The first kappa shape index (κ1) is 21.0. The topological polar surface area (TPSA) is 68.5 Å². The van der Waals surface area contributed by atoms with Crippen LogP contribution in [0.2, 0.25) is 0 Å². The van der Waals surface area contributed by atoms with Gasteiger partial charge in [0.15, 0.2) is 5.82 Å². The van der Waals surface area contributed by atoms with Gasteiger partial charge in [-0.25, -0.2) is 8.91 Å². The van der Waals surface area contributed by atoms with Crippen LogP contribution in [0.1, 0.15) is 23.1 Å². The van der Waals surface area contributed by atoms with Crippen molar-refractivity contribution < 1.29 is 13.9 Å². The van der Waals surface area contributed by atoms with Crippen LogP contribution in [0.3, 0.4) is 0 Å². The maximum Gasteiger partial charge on any atom is 0.224 e. The molecule has 2 aromatic heterocycles. The molecule has 1 amide bonds. The molecule has 0 aliphatic carbocycles. The van der Waals surface area contributed by atoms with Gasteiger partial charge in [0.05, 0.1) is 18.7 Å². The molecular weight excluding hydrogens is 415 g/mol. The highest BCUT2D eigenvalue weighted by Gasteiger charge is 2.14. The highest BCUT2D eigenvalue weighted by molar-refractivity contribution is 7.17. The minimum absolute atomic E-state index is 0.0140. The summed E-state index contributed by atoms with van der Waals surface area (Å²) in [5.74, 6) is 1.08. The fourth-order valence-corrected chi connectivity index (χ4v) is 4.33. The van der Waals surface area contributed by atoms with E-state index in [1.807, 2.05) is 38.1 Å². The number of hydrogen-bond donors (Lipinski definition) is 1. The van der Waals surface area contributed by atoms with Crippen molar-refractivity contribution in [1.29, 1.82) is 0 Å². The second-order valence-corrected chi connectivity index (χ2v) is 8.16. The third kappa shape index (κ3) is 4.91. The summed E-state index contributed by atoms with van der Waals surface area (Å²) in [6.45, 7) is 5.10. The fraction of sp³-hybridized carbons (Fsp3) is 0.261. The number of rotatable bonds is 8. The second kappa shape index (κ2) is 9.26. The highest BCUT2D eigenvalue weighted by Crippen LogP contribution is 2.25. The lowest BCUT2D eigenvalue weighted by Crippen LogP contribution is -2.27. The maximum atomic E-state index is 13.1. The molecular formula is C23H23FN4O2S. The molecule has 0 unspecified atom stereocenters. The first-order valence-corrected chi connectivity index (χ1v) is 10.9. The van der Waals surface area contributed by atoms with Gasteiger partial charge in [-0.1, -0.05) is 23.5 Å². The summed E-state index contributed by atoms with van der Waals surface area (Å²) in [5.41, 5.74) is 2.73. The predicted molar refractivity (Wildman–Crippen MR) is 119 cm³/mol. The number of aryl methyl sites for hydroxylation is 1. The summed E-state index contributed by atoms with van der Waals surface area (Å²) in [7, 11) is 0. The van der Waals surface area contributed by atoms with Gasteiger partial charge in [-0.05, 0) is 55.8 Å². The van der Waals surface area contributed by atoms with Gasteiger partial charge >= 0.3 is 0 Å². The molecule has 0 saturated carbocycles. The number of hydrogen-bond acceptors (Lipinski definition) is 5. The fourth-order valence-electron chi connectivity index (χ4n) is 3.27. The molecule has 2 aromatic carbocycles. The summed E-state index contributed by atoms with van der Waals surface area (Å²) in [5, 5.41) is 7.52. The number of nitrogens with one attached hydrogen (secondary N) is 1. The Bertz CT molecular complexity index is 1180. The van der Waals surface area contributed by atoms with Crippen molar-refractivity contribution >= 4 is 22.2 Å². The number of halogens is 1. The highest BCUT2D eigenvalue weighted by atomic mass is 32.1. The Balaban J connectivity index is 1.33. The Kier molecular flexibility index (Phi) is 6.27. The summed E-state index contributed by atoms with van der Waals surface area (Å²) in [6, 6.07) is 13.7. The van der Waals surface area contributed by atoms with E-state index < -0.39 is 0 Å². The van der Waals surface area contributed by atoms with Gasteiger partial charge < -0.3 is 10.1 Å². The Morgan fingerprint density at radius 2 is 1.90 bits per heavy atom. The quantitative estimate of drug-likeness (QED) is 0.448. The van der Waals surface area contributed by atoms with Gasteiger partial charge in [0.25, 0.3) is 0 Å². The van der Waals surface area contributed by atoms with E-state index in [-0.39, 0.29) is 11.7 Å². The molecule has 0 aliphatic rings. The Morgan fingerprint density at radius 3 is 2.58 bits per heavy atom. The lowest BCUT2D eigenvalue weighted by Gasteiger charge is -2.06. The third-order valence-corrected chi connectivity index (χ3v) is 6.08. The third-order valence-electron chi connectivity index (χ3n) is 4.89. The molecule has 0 radical (unpaired) electrons. The van der Waals surface area contributed by atoms with Crippen molar-refractivity contribution in [3.8, 4) is 17.1 Å². The first-order valence-electron chi connectivity index (χ1n) is 10.1.